The highest BCUT2D eigenvalue weighted by atomic mass is 35.5. The summed E-state index contributed by atoms with van der Waals surface area (Å²) in [5.74, 6) is 0.760. The lowest BCUT2D eigenvalue weighted by Gasteiger charge is -2.22. The molecule has 102 valence electrons. The van der Waals surface area contributed by atoms with E-state index in [1.165, 1.54) is 0 Å². The summed E-state index contributed by atoms with van der Waals surface area (Å²) >= 11 is 6.10. The predicted molar refractivity (Wildman–Crippen MR) is 74.0 cm³/mol. The summed E-state index contributed by atoms with van der Waals surface area (Å²) in [6.07, 6.45) is 0.834. The molecular weight excluding hydrogens is 266 g/mol. The molecule has 19 heavy (non-hydrogen) atoms. The van der Waals surface area contributed by atoms with Gasteiger partial charge in [0.25, 0.3) is 0 Å². The highest BCUT2D eigenvalue weighted by molar-refractivity contribution is 6.32. The van der Waals surface area contributed by atoms with Crippen LogP contribution in [0.4, 0.5) is 4.79 Å². The lowest BCUT2D eigenvalue weighted by Crippen LogP contribution is -2.30. The van der Waals surface area contributed by atoms with Crippen LogP contribution in [0.5, 0.6) is 5.75 Å². The molecule has 1 fully saturated rings. The van der Waals surface area contributed by atoms with Crippen molar-refractivity contribution < 1.29 is 9.53 Å². The van der Waals surface area contributed by atoms with E-state index in [1.807, 2.05) is 13.0 Å². The Labute approximate surface area is 117 Å². The zero-order chi connectivity index (χ0) is 14.0. The smallest absolute Gasteiger partial charge is 0.323 e. The van der Waals surface area contributed by atoms with Gasteiger partial charge < -0.3 is 9.64 Å². The van der Waals surface area contributed by atoms with Gasteiger partial charge in [-0.3, -0.25) is 10.7 Å². The van der Waals surface area contributed by atoms with Crippen LogP contribution in [-0.2, 0) is 0 Å². The summed E-state index contributed by atoms with van der Waals surface area (Å²) in [4.78, 5) is 13.4. The molecule has 1 saturated heterocycles. The van der Waals surface area contributed by atoms with Crippen molar-refractivity contribution in [3.05, 3.63) is 28.8 Å². The number of methoxy groups -OCH3 is 1. The van der Waals surface area contributed by atoms with Crippen molar-refractivity contribution in [2.24, 2.45) is 0 Å². The Morgan fingerprint density at radius 3 is 2.84 bits per heavy atom. The minimum absolute atomic E-state index is 0.180. The standard InChI is InChI=1S/C13H16ClN3O2/c1-3-6-17-11(12(15)16-13(17)18)8-4-5-10(19-2)9(14)7-8/h4-5,7,11H,3,6H2,1-2H3,(H2,15,16,18). The average molecular weight is 282 g/mol. The number of urea groups is 1. The normalized spacial score (nSPS) is 18.7. The molecule has 1 aliphatic heterocycles. The minimum Gasteiger partial charge on any atom is -0.495 e. The minimum atomic E-state index is -0.393. The van der Waals surface area contributed by atoms with Crippen LogP contribution in [0.15, 0.2) is 18.2 Å². The van der Waals surface area contributed by atoms with E-state index in [0.717, 1.165) is 12.0 Å². The number of rotatable bonds is 4. The number of amidine groups is 1. The largest absolute Gasteiger partial charge is 0.495 e. The molecule has 0 bridgehead atoms. The Bertz CT molecular complexity index is 519. The molecular formula is C13H16ClN3O2. The van der Waals surface area contributed by atoms with Crippen LogP contribution >= 0.6 is 11.6 Å². The van der Waals surface area contributed by atoms with Gasteiger partial charge in [0.15, 0.2) is 0 Å². The van der Waals surface area contributed by atoms with E-state index >= 15 is 0 Å². The molecule has 0 aromatic heterocycles. The number of hydrogen-bond acceptors (Lipinski definition) is 3. The third kappa shape index (κ3) is 2.51. The van der Waals surface area contributed by atoms with E-state index in [1.54, 1.807) is 24.1 Å². The third-order valence-electron chi connectivity index (χ3n) is 3.04. The van der Waals surface area contributed by atoms with Crippen LogP contribution in [0.3, 0.4) is 0 Å². The molecule has 0 radical (unpaired) electrons. The second kappa shape index (κ2) is 5.48. The van der Waals surface area contributed by atoms with E-state index in [-0.39, 0.29) is 11.9 Å². The summed E-state index contributed by atoms with van der Waals surface area (Å²) in [7, 11) is 1.55. The summed E-state index contributed by atoms with van der Waals surface area (Å²) in [5.41, 5.74) is 0.808. The van der Waals surface area contributed by atoms with E-state index < -0.39 is 6.04 Å². The molecule has 1 atom stereocenters. The van der Waals surface area contributed by atoms with Crippen molar-refractivity contribution in [2.75, 3.05) is 13.7 Å². The molecule has 1 unspecified atom stereocenters. The molecule has 5 nitrogen and oxygen atoms in total. The molecule has 1 aliphatic rings. The Kier molecular flexibility index (Phi) is 3.95. The first kappa shape index (κ1) is 13.7. The van der Waals surface area contributed by atoms with Gasteiger partial charge in [-0.05, 0) is 24.1 Å². The van der Waals surface area contributed by atoms with Crippen LogP contribution in [-0.4, -0.2) is 30.4 Å². The predicted octanol–water partition coefficient (Wildman–Crippen LogP) is 2.80. The van der Waals surface area contributed by atoms with Gasteiger partial charge in [-0.25, -0.2) is 4.79 Å². The second-order valence-corrected chi connectivity index (χ2v) is 4.74. The molecule has 0 saturated carbocycles. The number of benzene rings is 1. The van der Waals surface area contributed by atoms with Crippen molar-refractivity contribution in [2.45, 2.75) is 19.4 Å². The van der Waals surface area contributed by atoms with Crippen molar-refractivity contribution in [3.63, 3.8) is 0 Å². The highest BCUT2D eigenvalue weighted by Crippen LogP contribution is 2.32. The third-order valence-corrected chi connectivity index (χ3v) is 3.34. The number of nitrogens with zero attached hydrogens (tertiary/aromatic N) is 1. The quantitative estimate of drug-likeness (QED) is 0.891. The Morgan fingerprint density at radius 1 is 1.53 bits per heavy atom. The zero-order valence-corrected chi connectivity index (χ0v) is 11.6. The van der Waals surface area contributed by atoms with Gasteiger partial charge in [0.2, 0.25) is 0 Å². The fourth-order valence-corrected chi connectivity index (χ4v) is 2.47. The number of ether oxygens (including phenoxy) is 1. The van der Waals surface area contributed by atoms with Crippen LogP contribution in [0.1, 0.15) is 24.9 Å². The fourth-order valence-electron chi connectivity index (χ4n) is 2.20. The van der Waals surface area contributed by atoms with E-state index in [0.29, 0.717) is 17.3 Å². The highest BCUT2D eigenvalue weighted by Gasteiger charge is 2.36. The number of amides is 2. The average Bonchev–Trinajstić information content (AvgIpc) is 2.65. The van der Waals surface area contributed by atoms with Gasteiger partial charge >= 0.3 is 6.03 Å². The van der Waals surface area contributed by atoms with Crippen molar-refractivity contribution in [1.82, 2.24) is 10.2 Å². The number of nitrogens with one attached hydrogen (secondary N) is 2. The SMILES string of the molecule is CCCN1C(=O)NC(=N)C1c1ccc(OC)c(Cl)c1. The second-order valence-electron chi connectivity index (χ2n) is 4.33. The first-order valence-electron chi connectivity index (χ1n) is 6.08. The Morgan fingerprint density at radius 2 is 2.26 bits per heavy atom. The molecule has 6 heteroatoms. The maximum Gasteiger partial charge on any atom is 0.323 e. The molecule has 0 aliphatic carbocycles. The number of hydrogen-bond donors (Lipinski definition) is 2. The van der Waals surface area contributed by atoms with Gasteiger partial charge in [-0.2, -0.15) is 0 Å². The van der Waals surface area contributed by atoms with Gasteiger partial charge in [-0.1, -0.05) is 24.6 Å². The van der Waals surface area contributed by atoms with E-state index in [9.17, 15) is 4.79 Å². The van der Waals surface area contributed by atoms with Crippen LogP contribution in [0.2, 0.25) is 5.02 Å². The van der Waals surface area contributed by atoms with Gasteiger partial charge in [0.1, 0.15) is 17.6 Å². The molecule has 0 spiro atoms. The monoisotopic (exact) mass is 281 g/mol. The van der Waals surface area contributed by atoms with Crippen LogP contribution < -0.4 is 10.1 Å². The summed E-state index contributed by atoms with van der Waals surface area (Å²) in [5, 5.41) is 10.9. The van der Waals surface area contributed by atoms with Crippen LogP contribution in [0.25, 0.3) is 0 Å². The first-order chi connectivity index (χ1) is 9.08. The first-order valence-corrected chi connectivity index (χ1v) is 6.45. The fraction of sp³-hybridized carbons (Fsp3) is 0.385. The van der Waals surface area contributed by atoms with Gasteiger partial charge in [0, 0.05) is 6.54 Å². The van der Waals surface area contributed by atoms with E-state index in [4.69, 9.17) is 21.7 Å². The van der Waals surface area contributed by atoms with Crippen molar-refractivity contribution in [1.29, 1.82) is 5.41 Å². The molecule has 1 aromatic carbocycles. The van der Waals surface area contributed by atoms with Gasteiger partial charge in [0.05, 0.1) is 12.1 Å². The maximum atomic E-state index is 11.8. The van der Waals surface area contributed by atoms with Gasteiger partial charge in [-0.15, -0.1) is 0 Å². The Hall–Kier alpha value is -1.75. The molecule has 2 rings (SSSR count). The number of carbonyl (C=O) groups excluding carboxylic acids is 1. The van der Waals surface area contributed by atoms with Crippen molar-refractivity contribution in [3.8, 4) is 5.75 Å². The van der Waals surface area contributed by atoms with Crippen molar-refractivity contribution >= 4 is 23.5 Å². The summed E-state index contributed by atoms with van der Waals surface area (Å²) in [6, 6.07) is 4.69. The molecule has 2 amide bonds. The lowest BCUT2D eigenvalue weighted by atomic mass is 10.1. The van der Waals surface area contributed by atoms with E-state index in [2.05, 4.69) is 5.32 Å². The summed E-state index contributed by atoms with van der Waals surface area (Å²) in [6.45, 7) is 2.59. The maximum absolute atomic E-state index is 11.8. The zero-order valence-electron chi connectivity index (χ0n) is 10.9. The number of halogens is 1. The molecule has 1 heterocycles. The summed E-state index contributed by atoms with van der Waals surface area (Å²) < 4.78 is 5.10. The topological polar surface area (TPSA) is 65.4 Å². The Balaban J connectivity index is 2.35. The molecule has 2 N–H and O–H groups in total. The lowest BCUT2D eigenvalue weighted by molar-refractivity contribution is 0.206. The van der Waals surface area contributed by atoms with Crippen LogP contribution in [0, 0.1) is 5.41 Å². The molecule has 1 aromatic rings. The number of carbonyl (C=O) groups is 1.